The minimum absolute atomic E-state index is 0.0954. The van der Waals surface area contributed by atoms with Crippen LogP contribution in [0.3, 0.4) is 0 Å². The van der Waals surface area contributed by atoms with E-state index in [0.717, 1.165) is 0 Å². The predicted octanol–water partition coefficient (Wildman–Crippen LogP) is 1.42. The van der Waals surface area contributed by atoms with Gasteiger partial charge in [0.25, 0.3) is 0 Å². The van der Waals surface area contributed by atoms with E-state index in [1.54, 1.807) is 20.8 Å². The average molecular weight is 287 g/mol. The van der Waals surface area contributed by atoms with Gasteiger partial charge in [0.2, 0.25) is 0 Å². The van der Waals surface area contributed by atoms with Crippen LogP contribution in [0.25, 0.3) is 0 Å². The van der Waals surface area contributed by atoms with E-state index < -0.39 is 35.5 Å². The molecule has 1 fully saturated rings. The Morgan fingerprint density at radius 3 is 2.30 bits per heavy atom. The molecular formula is C13H21NO6. The molecule has 0 radical (unpaired) electrons. The smallest absolute Gasteiger partial charge is 0.410 e. The number of ether oxygens (including phenoxy) is 1. The van der Waals surface area contributed by atoms with Crippen molar-refractivity contribution in [1.82, 2.24) is 4.90 Å². The Kier molecular flexibility index (Phi) is 4.97. The molecule has 0 unspecified atom stereocenters. The van der Waals surface area contributed by atoms with E-state index in [1.165, 1.54) is 4.90 Å². The molecule has 7 nitrogen and oxygen atoms in total. The number of carbonyl (C=O) groups excluding carboxylic acids is 1. The second-order valence-electron chi connectivity index (χ2n) is 6.02. The normalized spacial score (nSPS) is 23.2. The van der Waals surface area contributed by atoms with Crippen molar-refractivity contribution in [2.75, 3.05) is 13.1 Å². The first-order valence-corrected chi connectivity index (χ1v) is 6.52. The molecule has 114 valence electrons. The highest BCUT2D eigenvalue weighted by molar-refractivity contribution is 5.74. The van der Waals surface area contributed by atoms with Crippen LogP contribution in [0.4, 0.5) is 4.79 Å². The van der Waals surface area contributed by atoms with Gasteiger partial charge in [-0.1, -0.05) is 0 Å². The van der Waals surface area contributed by atoms with E-state index in [4.69, 9.17) is 14.9 Å². The zero-order valence-corrected chi connectivity index (χ0v) is 12.0. The van der Waals surface area contributed by atoms with Crippen molar-refractivity contribution in [3.8, 4) is 0 Å². The van der Waals surface area contributed by atoms with Gasteiger partial charge in [-0.05, 0) is 27.2 Å². The molecule has 0 bridgehead atoms. The lowest BCUT2D eigenvalue weighted by atomic mass is 9.83. The van der Waals surface area contributed by atoms with Crippen LogP contribution >= 0.6 is 0 Å². The van der Waals surface area contributed by atoms with Crippen molar-refractivity contribution in [2.24, 2.45) is 11.8 Å². The number of carboxylic acids is 2. The largest absolute Gasteiger partial charge is 0.481 e. The minimum Gasteiger partial charge on any atom is -0.481 e. The molecule has 0 aliphatic carbocycles. The number of amides is 1. The topological polar surface area (TPSA) is 104 Å². The SMILES string of the molecule is CC(C)(C)OC(=O)N1CC[C@@H](C(=O)O)[C@H](CC(=O)O)C1. The Morgan fingerprint density at radius 2 is 1.85 bits per heavy atom. The first-order valence-electron chi connectivity index (χ1n) is 6.52. The lowest BCUT2D eigenvalue weighted by molar-refractivity contribution is -0.148. The van der Waals surface area contributed by atoms with Gasteiger partial charge in [-0.3, -0.25) is 9.59 Å². The summed E-state index contributed by atoms with van der Waals surface area (Å²) in [7, 11) is 0. The first-order chi connectivity index (χ1) is 9.10. The van der Waals surface area contributed by atoms with Crippen molar-refractivity contribution in [3.05, 3.63) is 0 Å². The van der Waals surface area contributed by atoms with Crippen molar-refractivity contribution in [1.29, 1.82) is 0 Å². The zero-order chi connectivity index (χ0) is 15.5. The van der Waals surface area contributed by atoms with E-state index >= 15 is 0 Å². The molecule has 0 saturated carbocycles. The molecule has 1 amide bonds. The highest BCUT2D eigenvalue weighted by Gasteiger charge is 2.38. The summed E-state index contributed by atoms with van der Waals surface area (Å²) < 4.78 is 5.22. The van der Waals surface area contributed by atoms with Crippen LogP contribution in [0.1, 0.15) is 33.6 Å². The summed E-state index contributed by atoms with van der Waals surface area (Å²) in [5.74, 6) is -3.40. The lowest BCUT2D eigenvalue weighted by Crippen LogP contribution is -2.48. The van der Waals surface area contributed by atoms with Gasteiger partial charge in [-0.25, -0.2) is 4.79 Å². The second-order valence-corrected chi connectivity index (χ2v) is 6.02. The van der Waals surface area contributed by atoms with E-state index in [2.05, 4.69) is 0 Å². The van der Waals surface area contributed by atoms with Gasteiger partial charge in [0.05, 0.1) is 12.3 Å². The predicted molar refractivity (Wildman–Crippen MR) is 69.3 cm³/mol. The molecule has 0 aromatic carbocycles. The van der Waals surface area contributed by atoms with Gasteiger partial charge in [0.1, 0.15) is 5.60 Å². The fourth-order valence-corrected chi connectivity index (χ4v) is 2.28. The molecule has 1 aliphatic heterocycles. The Bertz CT molecular complexity index is 400. The molecule has 0 aromatic heterocycles. The molecule has 2 atom stereocenters. The van der Waals surface area contributed by atoms with Gasteiger partial charge in [-0.2, -0.15) is 0 Å². The van der Waals surface area contributed by atoms with Crippen LogP contribution < -0.4 is 0 Å². The first kappa shape index (κ1) is 16.3. The van der Waals surface area contributed by atoms with Crippen LogP contribution in [0.5, 0.6) is 0 Å². The van der Waals surface area contributed by atoms with Crippen molar-refractivity contribution in [3.63, 3.8) is 0 Å². The van der Waals surface area contributed by atoms with Crippen LogP contribution in [-0.4, -0.2) is 51.8 Å². The standard InChI is InChI=1S/C13H21NO6/c1-13(2,3)20-12(19)14-5-4-9(11(17)18)8(7-14)6-10(15)16/h8-9H,4-7H2,1-3H3,(H,15,16)(H,17,18)/t8-,9-/m1/s1. The number of piperidine rings is 1. The van der Waals surface area contributed by atoms with Crippen LogP contribution in [0.2, 0.25) is 0 Å². The number of carbonyl (C=O) groups is 3. The van der Waals surface area contributed by atoms with E-state index in [0.29, 0.717) is 0 Å². The van der Waals surface area contributed by atoms with Crippen LogP contribution in [0.15, 0.2) is 0 Å². The van der Waals surface area contributed by atoms with Crippen molar-refractivity contribution >= 4 is 18.0 Å². The second kappa shape index (κ2) is 6.11. The fourth-order valence-electron chi connectivity index (χ4n) is 2.28. The van der Waals surface area contributed by atoms with Crippen LogP contribution in [0, 0.1) is 11.8 Å². The number of likely N-dealkylation sites (tertiary alicyclic amines) is 1. The third-order valence-electron chi connectivity index (χ3n) is 3.14. The monoisotopic (exact) mass is 287 g/mol. The summed E-state index contributed by atoms with van der Waals surface area (Å²) >= 11 is 0. The summed E-state index contributed by atoms with van der Waals surface area (Å²) in [5, 5.41) is 18.0. The van der Waals surface area contributed by atoms with Crippen molar-refractivity contribution in [2.45, 2.75) is 39.2 Å². The fraction of sp³-hybridized carbons (Fsp3) is 0.769. The Labute approximate surface area is 117 Å². The zero-order valence-electron chi connectivity index (χ0n) is 12.0. The maximum Gasteiger partial charge on any atom is 0.410 e. The third kappa shape index (κ3) is 4.71. The summed E-state index contributed by atoms with van der Waals surface area (Å²) in [6, 6.07) is 0. The van der Waals surface area contributed by atoms with Crippen molar-refractivity contribution < 1.29 is 29.3 Å². The Balaban J connectivity index is 2.73. The summed E-state index contributed by atoms with van der Waals surface area (Å²) in [6.45, 7) is 5.58. The Hall–Kier alpha value is -1.79. The average Bonchev–Trinajstić information content (AvgIpc) is 2.25. The number of nitrogens with zero attached hydrogens (tertiary/aromatic N) is 1. The molecular weight excluding hydrogens is 266 g/mol. The number of hydrogen-bond donors (Lipinski definition) is 2. The van der Waals surface area contributed by atoms with Gasteiger partial charge >= 0.3 is 18.0 Å². The molecule has 20 heavy (non-hydrogen) atoms. The highest BCUT2D eigenvalue weighted by atomic mass is 16.6. The molecule has 1 saturated heterocycles. The number of hydrogen-bond acceptors (Lipinski definition) is 4. The third-order valence-corrected chi connectivity index (χ3v) is 3.14. The molecule has 7 heteroatoms. The molecule has 1 aliphatic rings. The van der Waals surface area contributed by atoms with Gasteiger partial charge in [-0.15, -0.1) is 0 Å². The van der Waals surface area contributed by atoms with Crippen LogP contribution in [-0.2, 0) is 14.3 Å². The maximum absolute atomic E-state index is 11.9. The maximum atomic E-state index is 11.9. The number of aliphatic carboxylic acids is 2. The Morgan fingerprint density at radius 1 is 1.25 bits per heavy atom. The van der Waals surface area contributed by atoms with Gasteiger partial charge in [0, 0.05) is 19.0 Å². The molecule has 0 aromatic rings. The quantitative estimate of drug-likeness (QED) is 0.813. The molecule has 2 N–H and O–H groups in total. The van der Waals surface area contributed by atoms with Gasteiger partial charge in [0.15, 0.2) is 0 Å². The summed E-state index contributed by atoms with van der Waals surface area (Å²) in [5.41, 5.74) is -0.636. The molecule has 1 rings (SSSR count). The number of carboxylic acid groups (broad SMARTS) is 2. The molecule has 0 spiro atoms. The lowest BCUT2D eigenvalue weighted by Gasteiger charge is -2.36. The van der Waals surface area contributed by atoms with E-state index in [1.807, 2.05) is 0 Å². The summed E-state index contributed by atoms with van der Waals surface area (Å²) in [6.07, 6.45) is -0.556. The summed E-state index contributed by atoms with van der Waals surface area (Å²) in [4.78, 5) is 35.3. The molecule has 1 heterocycles. The minimum atomic E-state index is -1.06. The van der Waals surface area contributed by atoms with Gasteiger partial charge < -0.3 is 19.8 Å². The van der Waals surface area contributed by atoms with E-state index in [9.17, 15) is 14.4 Å². The van der Waals surface area contributed by atoms with E-state index in [-0.39, 0.29) is 25.9 Å². The highest BCUT2D eigenvalue weighted by Crippen LogP contribution is 2.27. The number of rotatable bonds is 3.